The highest BCUT2D eigenvalue weighted by Crippen LogP contribution is 2.23. The van der Waals surface area contributed by atoms with E-state index in [0.717, 1.165) is 16.7 Å². The molecule has 0 aliphatic carbocycles. The van der Waals surface area contributed by atoms with Crippen molar-refractivity contribution in [2.24, 2.45) is 0 Å². The summed E-state index contributed by atoms with van der Waals surface area (Å²) in [5.41, 5.74) is 3.18. The Hall–Kier alpha value is -2.09. The number of hydrogen-bond acceptors (Lipinski definition) is 2. The molecule has 0 bridgehead atoms. The highest BCUT2D eigenvalue weighted by Gasteiger charge is 2.03. The van der Waals surface area contributed by atoms with Crippen LogP contribution in [0.5, 0.6) is 0 Å². The normalized spacial score (nSPS) is 9.75. The van der Waals surface area contributed by atoms with E-state index in [4.69, 9.17) is 0 Å². The molecule has 0 aliphatic heterocycles. The molecule has 0 atom stereocenters. The summed E-state index contributed by atoms with van der Waals surface area (Å²) in [5, 5.41) is 0. The largest absolute Gasteiger partial charge is 0.452 e. The van der Waals surface area contributed by atoms with Crippen molar-refractivity contribution < 1.29 is 9.53 Å². The fraction of sp³-hybridized carbons (Fsp3) is 0.0714. The third-order valence-corrected chi connectivity index (χ3v) is 2.39. The number of hydrogen-bond donors (Lipinski definition) is 0. The van der Waals surface area contributed by atoms with Gasteiger partial charge in [-0.1, -0.05) is 54.6 Å². The first-order valence-electron chi connectivity index (χ1n) is 5.04. The van der Waals surface area contributed by atoms with E-state index >= 15 is 0 Å². The van der Waals surface area contributed by atoms with Crippen LogP contribution in [0.15, 0.2) is 54.6 Å². The molecule has 2 aromatic carbocycles. The van der Waals surface area contributed by atoms with Crippen LogP contribution in [-0.4, -0.2) is 6.47 Å². The Labute approximate surface area is 94.5 Å². The first kappa shape index (κ1) is 10.4. The van der Waals surface area contributed by atoms with Gasteiger partial charge in [-0.05, 0) is 16.7 Å². The first-order valence-corrected chi connectivity index (χ1v) is 5.04. The zero-order chi connectivity index (χ0) is 11.2. The molecule has 1 radical (unpaired) electrons. The molecule has 0 heterocycles. The third-order valence-electron chi connectivity index (χ3n) is 2.39. The molecule has 2 rings (SSSR count). The summed E-state index contributed by atoms with van der Waals surface area (Å²) in [6.45, 7) is 1.70. The first-order chi connectivity index (χ1) is 7.92. The summed E-state index contributed by atoms with van der Waals surface area (Å²) in [4.78, 5) is 10.1. The predicted molar refractivity (Wildman–Crippen MR) is 62.4 cm³/mol. The Morgan fingerprint density at radius 2 is 1.62 bits per heavy atom. The van der Waals surface area contributed by atoms with Crippen LogP contribution in [0.4, 0.5) is 0 Å². The van der Waals surface area contributed by atoms with Crippen molar-refractivity contribution in [3.8, 4) is 11.1 Å². The van der Waals surface area contributed by atoms with Crippen LogP contribution < -0.4 is 0 Å². The highest BCUT2D eigenvalue weighted by atomic mass is 16.5. The molecule has 16 heavy (non-hydrogen) atoms. The van der Waals surface area contributed by atoms with Crippen LogP contribution in [0, 0.1) is 0 Å². The van der Waals surface area contributed by atoms with Crippen molar-refractivity contribution in [1.29, 1.82) is 0 Å². The molecule has 2 heteroatoms. The van der Waals surface area contributed by atoms with Crippen LogP contribution >= 0.6 is 0 Å². The van der Waals surface area contributed by atoms with E-state index in [1.807, 2.05) is 54.6 Å². The average molecular weight is 211 g/mol. The zero-order valence-corrected chi connectivity index (χ0v) is 8.72. The molecule has 0 fully saturated rings. The predicted octanol–water partition coefficient (Wildman–Crippen LogP) is 2.94. The Kier molecular flexibility index (Phi) is 3.34. The topological polar surface area (TPSA) is 26.3 Å². The van der Waals surface area contributed by atoms with Crippen molar-refractivity contribution in [1.82, 2.24) is 0 Å². The van der Waals surface area contributed by atoms with Crippen molar-refractivity contribution in [2.45, 2.75) is 6.61 Å². The SMILES string of the molecule is O=[C]OCc1ccccc1-c1ccccc1. The lowest BCUT2D eigenvalue weighted by atomic mass is 10.0. The molecule has 2 nitrogen and oxygen atoms in total. The molecule has 0 saturated carbocycles. The summed E-state index contributed by atoms with van der Waals surface area (Å²) in [6.07, 6.45) is 0. The fourth-order valence-electron chi connectivity index (χ4n) is 1.65. The van der Waals surface area contributed by atoms with Crippen molar-refractivity contribution in [3.05, 3.63) is 60.2 Å². The second-order valence-electron chi connectivity index (χ2n) is 3.40. The van der Waals surface area contributed by atoms with E-state index in [2.05, 4.69) is 4.74 Å². The maximum atomic E-state index is 10.1. The van der Waals surface area contributed by atoms with E-state index in [1.54, 1.807) is 0 Å². The monoisotopic (exact) mass is 211 g/mol. The van der Waals surface area contributed by atoms with Gasteiger partial charge in [-0.3, -0.25) is 0 Å². The minimum absolute atomic E-state index is 0.258. The van der Waals surface area contributed by atoms with Crippen molar-refractivity contribution in [2.75, 3.05) is 0 Å². The number of ether oxygens (including phenoxy) is 1. The smallest absolute Gasteiger partial charge is 0.417 e. The van der Waals surface area contributed by atoms with Gasteiger partial charge in [0.15, 0.2) is 0 Å². The standard InChI is InChI=1S/C14H11O2/c15-11-16-10-13-8-4-5-9-14(13)12-6-2-1-3-7-12/h1-9H,10H2. The van der Waals surface area contributed by atoms with Gasteiger partial charge < -0.3 is 4.74 Å². The summed E-state index contributed by atoms with van der Waals surface area (Å²) in [7, 11) is 0. The molecule has 0 aliphatic rings. The molecule has 0 saturated heterocycles. The van der Waals surface area contributed by atoms with E-state index in [1.165, 1.54) is 6.47 Å². The quantitative estimate of drug-likeness (QED) is 0.777. The van der Waals surface area contributed by atoms with Gasteiger partial charge in [-0.25, -0.2) is 4.79 Å². The minimum Gasteiger partial charge on any atom is -0.452 e. The highest BCUT2D eigenvalue weighted by molar-refractivity contribution is 5.67. The van der Waals surface area contributed by atoms with Crippen LogP contribution in [-0.2, 0) is 16.1 Å². The second-order valence-corrected chi connectivity index (χ2v) is 3.40. The lowest BCUT2D eigenvalue weighted by Gasteiger charge is -2.07. The zero-order valence-electron chi connectivity index (χ0n) is 8.72. The second kappa shape index (κ2) is 5.12. The van der Waals surface area contributed by atoms with Gasteiger partial charge in [0.1, 0.15) is 6.61 Å². The minimum atomic E-state index is 0.258. The molecule has 2 aromatic rings. The Morgan fingerprint density at radius 3 is 2.38 bits per heavy atom. The molecule has 0 N–H and O–H groups in total. The van der Waals surface area contributed by atoms with E-state index in [0.29, 0.717) is 0 Å². The van der Waals surface area contributed by atoms with Crippen LogP contribution in [0.3, 0.4) is 0 Å². The summed E-state index contributed by atoms with van der Waals surface area (Å²) in [5.74, 6) is 0. The lowest BCUT2D eigenvalue weighted by Crippen LogP contribution is -1.93. The average Bonchev–Trinajstić information content (AvgIpc) is 2.38. The van der Waals surface area contributed by atoms with Gasteiger partial charge in [-0.2, -0.15) is 0 Å². The van der Waals surface area contributed by atoms with Gasteiger partial charge in [0.2, 0.25) is 0 Å². The summed E-state index contributed by atoms with van der Waals surface area (Å²) >= 11 is 0. The van der Waals surface area contributed by atoms with E-state index in [9.17, 15) is 4.79 Å². The van der Waals surface area contributed by atoms with Gasteiger partial charge in [0.25, 0.3) is 0 Å². The number of benzene rings is 2. The molecule has 79 valence electrons. The Morgan fingerprint density at radius 1 is 0.938 bits per heavy atom. The maximum absolute atomic E-state index is 10.1. The van der Waals surface area contributed by atoms with Crippen molar-refractivity contribution >= 4 is 6.47 Å². The van der Waals surface area contributed by atoms with Gasteiger partial charge in [0.05, 0.1) is 0 Å². The maximum Gasteiger partial charge on any atom is 0.417 e. The van der Waals surface area contributed by atoms with E-state index < -0.39 is 0 Å². The fourth-order valence-corrected chi connectivity index (χ4v) is 1.65. The van der Waals surface area contributed by atoms with Crippen LogP contribution in [0.25, 0.3) is 11.1 Å². The van der Waals surface area contributed by atoms with Crippen LogP contribution in [0.2, 0.25) is 0 Å². The third kappa shape index (κ3) is 2.28. The number of rotatable bonds is 4. The Balaban J connectivity index is 2.36. The van der Waals surface area contributed by atoms with Gasteiger partial charge >= 0.3 is 6.47 Å². The van der Waals surface area contributed by atoms with E-state index in [-0.39, 0.29) is 6.61 Å². The Bertz CT molecular complexity index is 463. The summed E-state index contributed by atoms with van der Waals surface area (Å²) in [6, 6.07) is 17.9. The molecule has 0 unspecified atom stereocenters. The van der Waals surface area contributed by atoms with Gasteiger partial charge in [0, 0.05) is 0 Å². The molecular formula is C14H11O2. The van der Waals surface area contributed by atoms with Gasteiger partial charge in [-0.15, -0.1) is 0 Å². The van der Waals surface area contributed by atoms with Crippen LogP contribution in [0.1, 0.15) is 5.56 Å². The number of carbonyl (C=O) groups excluding carboxylic acids is 1. The lowest BCUT2D eigenvalue weighted by molar-refractivity contribution is 0.267. The molecular weight excluding hydrogens is 200 g/mol. The van der Waals surface area contributed by atoms with Crippen molar-refractivity contribution in [3.63, 3.8) is 0 Å². The molecule has 0 spiro atoms. The molecule has 0 aromatic heterocycles. The molecule has 0 amide bonds. The summed E-state index contributed by atoms with van der Waals surface area (Å²) < 4.78 is 4.68.